The molecule has 0 bridgehead atoms. The minimum Gasteiger partial charge on any atom is -0.315 e. The molecule has 21 heavy (non-hydrogen) atoms. The van der Waals surface area contributed by atoms with Gasteiger partial charge >= 0.3 is 0 Å². The first-order valence-electron chi connectivity index (χ1n) is 7.02. The Labute approximate surface area is 127 Å². The third kappa shape index (κ3) is 2.69. The molecule has 0 spiro atoms. The molecule has 0 radical (unpaired) electrons. The van der Waals surface area contributed by atoms with Crippen LogP contribution in [0.15, 0.2) is 12.3 Å². The molecule has 108 valence electrons. The van der Waals surface area contributed by atoms with Crippen molar-refractivity contribution in [3.05, 3.63) is 34.0 Å². The number of carbonyl (C=O) groups is 1. The van der Waals surface area contributed by atoms with E-state index in [1.165, 1.54) is 4.88 Å². The molecule has 0 saturated carbocycles. The Morgan fingerprint density at radius 1 is 1.52 bits per heavy atom. The molecule has 0 saturated heterocycles. The summed E-state index contributed by atoms with van der Waals surface area (Å²) in [6.45, 7) is 2.08. The highest BCUT2D eigenvalue weighted by molar-refractivity contribution is 7.16. The Balaban J connectivity index is 1.79. The van der Waals surface area contributed by atoms with Crippen LogP contribution in [0.4, 0.5) is 5.00 Å². The van der Waals surface area contributed by atoms with Crippen molar-refractivity contribution in [3.63, 3.8) is 0 Å². The SMILES string of the molecule is Cc1ccnn1CC(=O)Nc1sc2c(c1C#N)CCCC2. The van der Waals surface area contributed by atoms with Gasteiger partial charge in [0.1, 0.15) is 17.6 Å². The van der Waals surface area contributed by atoms with Gasteiger partial charge in [-0.1, -0.05) is 0 Å². The van der Waals surface area contributed by atoms with Crippen molar-refractivity contribution < 1.29 is 4.79 Å². The van der Waals surface area contributed by atoms with Crippen LogP contribution in [-0.2, 0) is 24.2 Å². The van der Waals surface area contributed by atoms with Crippen molar-refractivity contribution in [3.8, 4) is 6.07 Å². The van der Waals surface area contributed by atoms with E-state index >= 15 is 0 Å². The maximum Gasteiger partial charge on any atom is 0.246 e. The van der Waals surface area contributed by atoms with Gasteiger partial charge in [0.15, 0.2) is 0 Å². The van der Waals surface area contributed by atoms with Gasteiger partial charge in [0, 0.05) is 16.8 Å². The molecule has 2 aromatic heterocycles. The summed E-state index contributed by atoms with van der Waals surface area (Å²) in [7, 11) is 0. The van der Waals surface area contributed by atoms with E-state index in [2.05, 4.69) is 16.5 Å². The molecule has 0 fully saturated rings. The van der Waals surface area contributed by atoms with Crippen molar-refractivity contribution in [1.29, 1.82) is 5.26 Å². The van der Waals surface area contributed by atoms with Crippen LogP contribution < -0.4 is 5.32 Å². The molecule has 0 atom stereocenters. The number of aromatic nitrogens is 2. The summed E-state index contributed by atoms with van der Waals surface area (Å²) >= 11 is 1.55. The fourth-order valence-electron chi connectivity index (χ4n) is 2.64. The predicted octanol–water partition coefficient (Wildman–Crippen LogP) is 2.64. The third-order valence-electron chi connectivity index (χ3n) is 3.76. The summed E-state index contributed by atoms with van der Waals surface area (Å²) in [5.74, 6) is -0.142. The molecular formula is C15H16N4OS. The van der Waals surface area contributed by atoms with Gasteiger partial charge < -0.3 is 5.32 Å². The highest BCUT2D eigenvalue weighted by atomic mass is 32.1. The monoisotopic (exact) mass is 300 g/mol. The molecule has 0 aromatic carbocycles. The number of nitrogens with one attached hydrogen (secondary N) is 1. The van der Waals surface area contributed by atoms with Crippen molar-refractivity contribution >= 4 is 22.2 Å². The molecular weight excluding hydrogens is 284 g/mol. The van der Waals surface area contributed by atoms with E-state index in [4.69, 9.17) is 0 Å². The van der Waals surface area contributed by atoms with E-state index in [9.17, 15) is 10.1 Å². The molecule has 1 amide bonds. The van der Waals surface area contributed by atoms with Crippen molar-refractivity contribution in [2.45, 2.75) is 39.2 Å². The maximum absolute atomic E-state index is 12.1. The lowest BCUT2D eigenvalue weighted by atomic mass is 9.96. The normalized spacial score (nSPS) is 13.5. The molecule has 1 aliphatic rings. The Bertz CT molecular complexity index is 723. The molecule has 1 aliphatic carbocycles. The number of anilines is 1. The Kier molecular flexibility index (Phi) is 3.76. The molecule has 0 unspecified atom stereocenters. The number of hydrogen-bond acceptors (Lipinski definition) is 4. The van der Waals surface area contributed by atoms with E-state index in [0.29, 0.717) is 10.6 Å². The van der Waals surface area contributed by atoms with Crippen molar-refractivity contribution in [2.24, 2.45) is 0 Å². The van der Waals surface area contributed by atoms with Gasteiger partial charge in [0.25, 0.3) is 0 Å². The van der Waals surface area contributed by atoms with Gasteiger partial charge in [-0.05, 0) is 44.2 Å². The van der Waals surface area contributed by atoms with Crippen LogP contribution in [-0.4, -0.2) is 15.7 Å². The van der Waals surface area contributed by atoms with Crippen LogP contribution in [0.1, 0.15) is 34.5 Å². The molecule has 1 N–H and O–H groups in total. The second kappa shape index (κ2) is 5.70. The summed E-state index contributed by atoms with van der Waals surface area (Å²) in [4.78, 5) is 13.4. The number of carbonyl (C=O) groups excluding carboxylic acids is 1. The zero-order chi connectivity index (χ0) is 14.8. The fraction of sp³-hybridized carbons (Fsp3) is 0.400. The highest BCUT2D eigenvalue weighted by Gasteiger charge is 2.21. The van der Waals surface area contributed by atoms with Gasteiger partial charge in [-0.2, -0.15) is 10.4 Å². The maximum atomic E-state index is 12.1. The summed E-state index contributed by atoms with van der Waals surface area (Å²) in [5, 5.41) is 17.0. The number of fused-ring (bicyclic) bond motifs is 1. The lowest BCUT2D eigenvalue weighted by Gasteiger charge is -2.09. The fourth-order valence-corrected chi connectivity index (χ4v) is 3.89. The van der Waals surface area contributed by atoms with Crippen molar-refractivity contribution in [2.75, 3.05) is 5.32 Å². The first-order chi connectivity index (χ1) is 10.2. The van der Waals surface area contributed by atoms with Crippen LogP contribution in [0.3, 0.4) is 0 Å². The van der Waals surface area contributed by atoms with Crippen LogP contribution in [0.5, 0.6) is 0 Å². The first kappa shape index (κ1) is 13.8. The highest BCUT2D eigenvalue weighted by Crippen LogP contribution is 2.37. The minimum absolute atomic E-state index is 0.142. The molecule has 2 aromatic rings. The third-order valence-corrected chi connectivity index (χ3v) is 4.97. The van der Waals surface area contributed by atoms with Crippen LogP contribution in [0.2, 0.25) is 0 Å². The average molecular weight is 300 g/mol. The second-order valence-electron chi connectivity index (χ2n) is 5.21. The van der Waals surface area contributed by atoms with E-state index in [1.807, 2.05) is 13.0 Å². The topological polar surface area (TPSA) is 70.7 Å². The lowest BCUT2D eigenvalue weighted by Crippen LogP contribution is -2.20. The summed E-state index contributed by atoms with van der Waals surface area (Å²) in [6, 6.07) is 4.11. The Morgan fingerprint density at radius 2 is 2.33 bits per heavy atom. The second-order valence-corrected chi connectivity index (χ2v) is 6.31. The van der Waals surface area contributed by atoms with Gasteiger partial charge in [-0.3, -0.25) is 9.48 Å². The predicted molar refractivity (Wildman–Crippen MR) is 81.3 cm³/mol. The number of nitriles is 1. The quantitative estimate of drug-likeness (QED) is 0.947. The summed E-state index contributed by atoms with van der Waals surface area (Å²) < 4.78 is 1.65. The number of nitrogens with zero attached hydrogens (tertiary/aromatic N) is 3. The average Bonchev–Trinajstić information content (AvgIpc) is 3.02. The van der Waals surface area contributed by atoms with Gasteiger partial charge in [-0.15, -0.1) is 11.3 Å². The number of thiophene rings is 1. The van der Waals surface area contributed by atoms with E-state index in [1.54, 1.807) is 22.2 Å². The van der Waals surface area contributed by atoms with Crippen molar-refractivity contribution in [1.82, 2.24) is 9.78 Å². The molecule has 0 aliphatic heterocycles. The number of hydrogen-bond donors (Lipinski definition) is 1. The van der Waals surface area contributed by atoms with Gasteiger partial charge in [-0.25, -0.2) is 0 Å². The number of amides is 1. The van der Waals surface area contributed by atoms with Crippen LogP contribution >= 0.6 is 11.3 Å². The largest absolute Gasteiger partial charge is 0.315 e. The molecule has 2 heterocycles. The molecule has 3 rings (SSSR count). The number of rotatable bonds is 3. The number of aryl methyl sites for hydroxylation is 2. The zero-order valence-electron chi connectivity index (χ0n) is 11.8. The van der Waals surface area contributed by atoms with Crippen LogP contribution in [0, 0.1) is 18.3 Å². The molecule has 5 nitrogen and oxygen atoms in total. The van der Waals surface area contributed by atoms with Gasteiger partial charge in [0.2, 0.25) is 5.91 Å². The zero-order valence-corrected chi connectivity index (χ0v) is 12.7. The summed E-state index contributed by atoms with van der Waals surface area (Å²) in [5.41, 5.74) is 2.73. The van der Waals surface area contributed by atoms with Crippen LogP contribution in [0.25, 0.3) is 0 Å². The lowest BCUT2D eigenvalue weighted by molar-refractivity contribution is -0.116. The smallest absolute Gasteiger partial charge is 0.246 e. The Morgan fingerprint density at radius 3 is 3.05 bits per heavy atom. The standard InChI is InChI=1S/C15H16N4OS/c1-10-6-7-17-19(10)9-14(20)18-15-12(8-16)11-4-2-3-5-13(11)21-15/h6-7H,2-5,9H2,1H3,(H,18,20). The summed E-state index contributed by atoms with van der Waals surface area (Å²) in [6.07, 6.45) is 5.93. The minimum atomic E-state index is -0.142. The van der Waals surface area contributed by atoms with E-state index in [-0.39, 0.29) is 12.5 Å². The Hall–Kier alpha value is -2.13. The van der Waals surface area contributed by atoms with E-state index < -0.39 is 0 Å². The van der Waals surface area contributed by atoms with E-state index in [0.717, 1.165) is 36.9 Å². The van der Waals surface area contributed by atoms with Gasteiger partial charge in [0.05, 0.1) is 5.56 Å². The first-order valence-corrected chi connectivity index (χ1v) is 7.83. The molecule has 6 heteroatoms.